The van der Waals surface area contributed by atoms with Crippen molar-refractivity contribution in [3.8, 4) is 0 Å². The molecule has 0 aromatic heterocycles. The number of aliphatic hydroxyl groups excluding tert-OH is 1. The van der Waals surface area contributed by atoms with Crippen LogP contribution in [-0.4, -0.2) is 87.7 Å². The highest BCUT2D eigenvalue weighted by Crippen LogP contribution is 2.30. The topological polar surface area (TPSA) is 244 Å². The van der Waals surface area contributed by atoms with E-state index in [0.717, 1.165) is 21.6 Å². The van der Waals surface area contributed by atoms with Crippen LogP contribution >= 0.6 is 21.6 Å². The lowest BCUT2D eigenvalue weighted by Crippen LogP contribution is -2.46. The highest BCUT2D eigenvalue weighted by molar-refractivity contribution is 8.77. The molecule has 0 aromatic rings. The van der Waals surface area contributed by atoms with Crippen molar-refractivity contribution in [2.75, 3.05) is 6.54 Å². The second kappa shape index (κ2) is 14.9. The maximum atomic E-state index is 12.3. The van der Waals surface area contributed by atoms with Gasteiger partial charge in [0.2, 0.25) is 11.8 Å². The molecule has 0 bridgehead atoms. The van der Waals surface area contributed by atoms with Crippen molar-refractivity contribution in [1.29, 1.82) is 0 Å². The van der Waals surface area contributed by atoms with Gasteiger partial charge in [-0.2, -0.15) is 0 Å². The molecule has 6 unspecified atom stereocenters. The Hall–Kier alpha value is -2.24. The zero-order valence-corrected chi connectivity index (χ0v) is 19.9. The van der Waals surface area contributed by atoms with Gasteiger partial charge in [-0.3, -0.25) is 24.0 Å². The maximum Gasteiger partial charge on any atom is 0.322 e. The standard InChI is InChI=1S/C18H29N5O9S2/c1-8(25)16(22-12(27)5-3-10(20)14-18(31)32-14)33-34-17(15(30)21-6-13(28)29)23-11(26)4-2-9(19)7-24/h7,9-10,14,16-18,31H,2-6,19-20H2,1H3,(H,21,30)(H,22,27)(H,23,26)(H,28,29). The zero-order chi connectivity index (χ0) is 25.8. The Bertz CT molecular complexity index is 772. The molecule has 1 aliphatic rings. The lowest BCUT2D eigenvalue weighted by molar-refractivity contribution is -0.138. The van der Waals surface area contributed by atoms with Crippen LogP contribution in [0.4, 0.5) is 0 Å². The molecular formula is C18H29N5O9S2. The van der Waals surface area contributed by atoms with Crippen molar-refractivity contribution < 1.29 is 43.7 Å². The number of aldehydes is 1. The molecule has 0 radical (unpaired) electrons. The molecule has 0 aliphatic carbocycles. The number of carbonyl (C=O) groups is 6. The van der Waals surface area contributed by atoms with Crippen molar-refractivity contribution >= 4 is 57.3 Å². The van der Waals surface area contributed by atoms with Crippen LogP contribution in [0.3, 0.4) is 0 Å². The van der Waals surface area contributed by atoms with Gasteiger partial charge in [0.05, 0.1) is 6.04 Å². The molecule has 0 aromatic carbocycles. The molecule has 9 N–H and O–H groups in total. The Kier molecular flexibility index (Phi) is 13.1. The minimum absolute atomic E-state index is 0.0355. The van der Waals surface area contributed by atoms with Crippen molar-refractivity contribution in [3.63, 3.8) is 0 Å². The Morgan fingerprint density at radius 1 is 1.03 bits per heavy atom. The number of ether oxygens (including phenoxy) is 1. The predicted octanol–water partition coefficient (Wildman–Crippen LogP) is -2.83. The Morgan fingerprint density at radius 3 is 2.06 bits per heavy atom. The van der Waals surface area contributed by atoms with E-state index < -0.39 is 71.2 Å². The molecule has 34 heavy (non-hydrogen) atoms. The monoisotopic (exact) mass is 523 g/mol. The highest BCUT2D eigenvalue weighted by Gasteiger charge is 2.42. The number of nitrogens with one attached hydrogen (secondary N) is 3. The number of carboxylic acids is 1. The Morgan fingerprint density at radius 2 is 1.56 bits per heavy atom. The first-order valence-corrected chi connectivity index (χ1v) is 12.4. The second-order valence-electron chi connectivity index (χ2n) is 7.34. The average Bonchev–Trinajstić information content (AvgIpc) is 3.52. The summed E-state index contributed by atoms with van der Waals surface area (Å²) in [5.41, 5.74) is 11.2. The van der Waals surface area contributed by atoms with E-state index in [1.165, 1.54) is 6.92 Å². The number of aliphatic hydroxyl groups is 1. The molecule has 192 valence electrons. The third kappa shape index (κ3) is 11.8. The molecule has 1 fully saturated rings. The van der Waals surface area contributed by atoms with Gasteiger partial charge in [-0.15, -0.1) is 0 Å². The number of ketones is 1. The summed E-state index contributed by atoms with van der Waals surface area (Å²) in [7, 11) is 1.52. The number of amides is 3. The van der Waals surface area contributed by atoms with Gasteiger partial charge in [-0.05, 0) is 19.8 Å². The largest absolute Gasteiger partial charge is 0.480 e. The normalized spacial score (nSPS) is 20.2. The number of Topliss-reactive ketones (excluding diaryl/α,β-unsaturated/α-hetero) is 1. The summed E-state index contributed by atoms with van der Waals surface area (Å²) in [6.45, 7) is 0.524. The summed E-state index contributed by atoms with van der Waals surface area (Å²) < 4.78 is 4.82. The molecule has 1 saturated heterocycles. The molecule has 14 nitrogen and oxygen atoms in total. The third-order valence-corrected chi connectivity index (χ3v) is 7.13. The summed E-state index contributed by atoms with van der Waals surface area (Å²) in [5, 5.41) is 22.5. The van der Waals surface area contributed by atoms with Crippen LogP contribution in [-0.2, 0) is 33.5 Å². The summed E-state index contributed by atoms with van der Waals surface area (Å²) in [5.74, 6) is -3.70. The summed E-state index contributed by atoms with van der Waals surface area (Å²) in [6, 6.07) is -1.41. The van der Waals surface area contributed by atoms with Gasteiger partial charge >= 0.3 is 5.97 Å². The molecule has 1 rings (SSSR count). The molecule has 3 amide bonds. The van der Waals surface area contributed by atoms with E-state index in [1.54, 1.807) is 0 Å². The summed E-state index contributed by atoms with van der Waals surface area (Å²) in [4.78, 5) is 69.9. The minimum atomic E-state index is -1.30. The predicted molar refractivity (Wildman–Crippen MR) is 122 cm³/mol. The molecular weight excluding hydrogens is 494 g/mol. The van der Waals surface area contributed by atoms with Crippen LogP contribution in [0.5, 0.6) is 0 Å². The van der Waals surface area contributed by atoms with Crippen molar-refractivity contribution in [3.05, 3.63) is 0 Å². The SMILES string of the molecule is CC(=O)C(NC(=O)CCC(N)C1OC1O)SSC(NC(=O)CCC(N)C=O)C(=O)NCC(=O)O. The van der Waals surface area contributed by atoms with Crippen LogP contribution in [0.1, 0.15) is 32.6 Å². The number of carbonyl (C=O) groups excluding carboxylic acids is 5. The van der Waals surface area contributed by atoms with Gasteiger partial charge in [0.1, 0.15) is 24.3 Å². The van der Waals surface area contributed by atoms with Crippen LogP contribution in [0.2, 0.25) is 0 Å². The van der Waals surface area contributed by atoms with Crippen molar-refractivity contribution in [1.82, 2.24) is 16.0 Å². The fourth-order valence-electron chi connectivity index (χ4n) is 2.39. The van der Waals surface area contributed by atoms with Crippen LogP contribution in [0.25, 0.3) is 0 Å². The van der Waals surface area contributed by atoms with Crippen molar-refractivity contribution in [2.45, 2.75) is 67.8 Å². The van der Waals surface area contributed by atoms with Gasteiger partial charge < -0.3 is 47.2 Å². The van der Waals surface area contributed by atoms with Gasteiger partial charge in [0, 0.05) is 18.9 Å². The number of hydrogen-bond donors (Lipinski definition) is 7. The quantitative estimate of drug-likeness (QED) is 0.0440. The van der Waals surface area contributed by atoms with Crippen molar-refractivity contribution in [2.24, 2.45) is 11.5 Å². The number of rotatable bonds is 17. The number of hydrogen-bond acceptors (Lipinski definition) is 12. The lowest BCUT2D eigenvalue weighted by Gasteiger charge is -2.20. The average molecular weight is 524 g/mol. The third-order valence-electron chi connectivity index (χ3n) is 4.36. The first kappa shape index (κ1) is 29.8. The number of aliphatic carboxylic acids is 1. The molecule has 0 saturated carbocycles. The van der Waals surface area contributed by atoms with E-state index >= 15 is 0 Å². The van der Waals surface area contributed by atoms with E-state index in [0.29, 0.717) is 6.29 Å². The van der Waals surface area contributed by atoms with Gasteiger partial charge in [0.15, 0.2) is 17.4 Å². The van der Waals surface area contributed by atoms with E-state index in [1.807, 2.05) is 0 Å². The van der Waals surface area contributed by atoms with Crippen LogP contribution in [0.15, 0.2) is 0 Å². The Balaban J connectivity index is 2.66. The fourth-order valence-corrected chi connectivity index (χ4v) is 4.90. The number of epoxide rings is 1. The van der Waals surface area contributed by atoms with E-state index in [-0.39, 0.29) is 25.7 Å². The smallest absolute Gasteiger partial charge is 0.322 e. The fraction of sp³-hybridized carbons (Fsp3) is 0.667. The van der Waals surface area contributed by atoms with Gasteiger partial charge in [-0.1, -0.05) is 21.6 Å². The summed E-state index contributed by atoms with van der Waals surface area (Å²) in [6.07, 6.45) is -0.968. The lowest BCUT2D eigenvalue weighted by atomic mass is 10.1. The molecule has 6 atom stereocenters. The van der Waals surface area contributed by atoms with E-state index in [4.69, 9.17) is 21.3 Å². The zero-order valence-electron chi connectivity index (χ0n) is 18.3. The molecule has 1 heterocycles. The minimum Gasteiger partial charge on any atom is -0.480 e. The van der Waals surface area contributed by atoms with E-state index in [2.05, 4.69) is 16.0 Å². The van der Waals surface area contributed by atoms with Crippen LogP contribution < -0.4 is 27.4 Å². The van der Waals surface area contributed by atoms with Gasteiger partial charge in [-0.25, -0.2) is 0 Å². The first-order chi connectivity index (χ1) is 15.9. The van der Waals surface area contributed by atoms with Gasteiger partial charge in [0.25, 0.3) is 5.91 Å². The second-order valence-corrected chi connectivity index (χ2v) is 9.82. The maximum absolute atomic E-state index is 12.3. The highest BCUT2D eigenvalue weighted by atomic mass is 33.1. The first-order valence-electron chi connectivity index (χ1n) is 10.1. The number of carboxylic acid groups (broad SMARTS) is 1. The molecule has 1 aliphatic heterocycles. The van der Waals surface area contributed by atoms with Crippen LogP contribution in [0, 0.1) is 0 Å². The Labute approximate surface area is 203 Å². The van der Waals surface area contributed by atoms with E-state index in [9.17, 15) is 33.9 Å². The summed E-state index contributed by atoms with van der Waals surface area (Å²) >= 11 is 0. The number of nitrogens with two attached hydrogens (primary N) is 2. The molecule has 16 heteroatoms. The molecule has 0 spiro atoms.